The van der Waals surface area contributed by atoms with Gasteiger partial charge in [0.15, 0.2) is 0 Å². The first-order valence-corrected chi connectivity index (χ1v) is 7.40. The molecule has 6 nitrogen and oxygen atoms in total. The average Bonchev–Trinajstić information content (AvgIpc) is 3.09. The normalized spacial score (nSPS) is 18.7. The molecular formula is C15H19N5O. The van der Waals surface area contributed by atoms with Crippen LogP contribution in [0, 0.1) is 5.92 Å². The molecule has 0 bridgehead atoms. The fourth-order valence-corrected chi connectivity index (χ4v) is 2.83. The first-order chi connectivity index (χ1) is 10.3. The third-order valence-corrected chi connectivity index (χ3v) is 4.09. The second-order valence-corrected chi connectivity index (χ2v) is 5.47. The number of aromatic nitrogens is 4. The van der Waals surface area contributed by atoms with Gasteiger partial charge in [0.25, 0.3) is 5.91 Å². The Balaban J connectivity index is 1.80. The lowest BCUT2D eigenvalue weighted by molar-refractivity contribution is 0.0671. The van der Waals surface area contributed by atoms with E-state index in [4.69, 9.17) is 0 Å². The number of rotatable bonds is 3. The van der Waals surface area contributed by atoms with Crippen LogP contribution in [0.3, 0.4) is 0 Å². The topological polar surface area (TPSA) is 63.9 Å². The highest BCUT2D eigenvalue weighted by Crippen LogP contribution is 2.21. The maximum Gasteiger partial charge on any atom is 0.253 e. The van der Waals surface area contributed by atoms with Gasteiger partial charge in [0, 0.05) is 18.7 Å². The van der Waals surface area contributed by atoms with Gasteiger partial charge in [0.1, 0.15) is 6.33 Å². The van der Waals surface area contributed by atoms with E-state index in [0.29, 0.717) is 11.5 Å². The van der Waals surface area contributed by atoms with Crippen molar-refractivity contribution in [2.24, 2.45) is 5.92 Å². The summed E-state index contributed by atoms with van der Waals surface area (Å²) in [5.74, 6) is 0.730. The standard InChI is InChI=1S/C15H19N5O/c1-2-12-5-4-8-19(10-12)15(21)13-6-3-7-14(9-13)20-11-16-17-18-20/h3,6-7,9,11-12H,2,4-5,8,10H2,1H3/t12-/m0/s1. The summed E-state index contributed by atoms with van der Waals surface area (Å²) >= 11 is 0. The lowest BCUT2D eigenvalue weighted by Crippen LogP contribution is -2.39. The number of nitrogens with zero attached hydrogens (tertiary/aromatic N) is 5. The highest BCUT2D eigenvalue weighted by atomic mass is 16.2. The van der Waals surface area contributed by atoms with E-state index in [0.717, 1.165) is 31.6 Å². The van der Waals surface area contributed by atoms with Gasteiger partial charge in [-0.15, -0.1) is 5.10 Å². The van der Waals surface area contributed by atoms with E-state index < -0.39 is 0 Å². The Kier molecular flexibility index (Phi) is 3.94. The van der Waals surface area contributed by atoms with Crippen LogP contribution in [0.1, 0.15) is 36.5 Å². The molecule has 1 aliphatic heterocycles. The monoisotopic (exact) mass is 285 g/mol. The van der Waals surface area contributed by atoms with Crippen molar-refractivity contribution in [3.63, 3.8) is 0 Å². The number of hydrogen-bond donors (Lipinski definition) is 0. The molecule has 1 aliphatic rings. The zero-order valence-electron chi connectivity index (χ0n) is 12.1. The summed E-state index contributed by atoms with van der Waals surface area (Å²) in [5.41, 5.74) is 1.50. The number of amides is 1. The predicted octanol–water partition coefficient (Wildman–Crippen LogP) is 1.92. The Labute approximate surface area is 123 Å². The van der Waals surface area contributed by atoms with Crippen molar-refractivity contribution < 1.29 is 4.79 Å². The van der Waals surface area contributed by atoms with Crippen LogP contribution < -0.4 is 0 Å². The molecular weight excluding hydrogens is 266 g/mol. The Bertz CT molecular complexity index is 610. The molecule has 1 amide bonds. The Morgan fingerprint density at radius 3 is 3.10 bits per heavy atom. The maximum atomic E-state index is 12.6. The third-order valence-electron chi connectivity index (χ3n) is 4.09. The molecule has 0 aliphatic carbocycles. The van der Waals surface area contributed by atoms with Gasteiger partial charge in [-0.25, -0.2) is 4.68 Å². The molecule has 1 saturated heterocycles. The lowest BCUT2D eigenvalue weighted by atomic mass is 9.95. The Hall–Kier alpha value is -2.24. The van der Waals surface area contributed by atoms with E-state index in [-0.39, 0.29) is 5.91 Å². The molecule has 6 heteroatoms. The first-order valence-electron chi connectivity index (χ1n) is 7.40. The molecule has 21 heavy (non-hydrogen) atoms. The summed E-state index contributed by atoms with van der Waals surface area (Å²) < 4.78 is 1.56. The van der Waals surface area contributed by atoms with Gasteiger partial charge in [-0.2, -0.15) is 0 Å². The number of carbonyl (C=O) groups excluding carboxylic acids is 1. The van der Waals surface area contributed by atoms with E-state index in [9.17, 15) is 4.79 Å². The molecule has 1 aromatic heterocycles. The molecule has 2 aromatic rings. The lowest BCUT2D eigenvalue weighted by Gasteiger charge is -2.32. The van der Waals surface area contributed by atoms with Crippen molar-refractivity contribution in [2.75, 3.05) is 13.1 Å². The second-order valence-electron chi connectivity index (χ2n) is 5.47. The van der Waals surface area contributed by atoms with Crippen LogP contribution in [0.2, 0.25) is 0 Å². The maximum absolute atomic E-state index is 12.6. The van der Waals surface area contributed by atoms with Crippen molar-refractivity contribution in [3.8, 4) is 5.69 Å². The molecule has 3 rings (SSSR count). The van der Waals surface area contributed by atoms with E-state index in [1.165, 1.54) is 12.7 Å². The van der Waals surface area contributed by atoms with E-state index in [2.05, 4.69) is 22.4 Å². The molecule has 110 valence electrons. The summed E-state index contributed by atoms with van der Waals surface area (Å²) in [6.45, 7) is 3.91. The number of benzene rings is 1. The first kappa shape index (κ1) is 13.7. The zero-order valence-corrected chi connectivity index (χ0v) is 12.1. The van der Waals surface area contributed by atoms with Crippen LogP contribution in [-0.2, 0) is 0 Å². The molecule has 0 saturated carbocycles. The Morgan fingerprint density at radius 1 is 1.43 bits per heavy atom. The van der Waals surface area contributed by atoms with E-state index >= 15 is 0 Å². The summed E-state index contributed by atoms with van der Waals surface area (Å²) in [5, 5.41) is 11.1. The fourth-order valence-electron chi connectivity index (χ4n) is 2.83. The van der Waals surface area contributed by atoms with Gasteiger partial charge in [0.2, 0.25) is 0 Å². The minimum atomic E-state index is 0.100. The highest BCUT2D eigenvalue weighted by molar-refractivity contribution is 5.94. The quantitative estimate of drug-likeness (QED) is 0.864. The SMILES string of the molecule is CC[C@H]1CCCN(C(=O)c2cccc(-n3cnnn3)c2)C1. The van der Waals surface area contributed by atoms with Crippen LogP contribution >= 0.6 is 0 Å². The second kappa shape index (κ2) is 6.03. The largest absolute Gasteiger partial charge is 0.338 e. The van der Waals surface area contributed by atoms with Gasteiger partial charge in [-0.05, 0) is 47.4 Å². The summed E-state index contributed by atoms with van der Waals surface area (Å²) in [6, 6.07) is 7.45. The van der Waals surface area contributed by atoms with Crippen molar-refractivity contribution in [3.05, 3.63) is 36.2 Å². The zero-order chi connectivity index (χ0) is 14.7. The molecule has 2 heterocycles. The summed E-state index contributed by atoms with van der Waals surface area (Å²) in [6.07, 6.45) is 4.98. The van der Waals surface area contributed by atoms with Crippen LogP contribution in [0.15, 0.2) is 30.6 Å². The van der Waals surface area contributed by atoms with Crippen LogP contribution in [0.25, 0.3) is 5.69 Å². The fraction of sp³-hybridized carbons (Fsp3) is 0.467. The minimum Gasteiger partial charge on any atom is -0.338 e. The molecule has 1 atom stereocenters. The third kappa shape index (κ3) is 2.94. The number of carbonyl (C=O) groups is 1. The van der Waals surface area contributed by atoms with Crippen molar-refractivity contribution in [1.29, 1.82) is 0 Å². The minimum absolute atomic E-state index is 0.100. The van der Waals surface area contributed by atoms with Gasteiger partial charge < -0.3 is 4.90 Å². The van der Waals surface area contributed by atoms with Gasteiger partial charge in [-0.1, -0.05) is 19.4 Å². The number of likely N-dealkylation sites (tertiary alicyclic amines) is 1. The summed E-state index contributed by atoms with van der Waals surface area (Å²) in [7, 11) is 0. The summed E-state index contributed by atoms with van der Waals surface area (Å²) in [4.78, 5) is 14.6. The molecule has 1 fully saturated rings. The number of tetrazole rings is 1. The molecule has 0 radical (unpaired) electrons. The van der Waals surface area contributed by atoms with Gasteiger partial charge in [0.05, 0.1) is 5.69 Å². The molecule has 0 unspecified atom stereocenters. The average molecular weight is 285 g/mol. The van der Waals surface area contributed by atoms with Crippen LogP contribution in [0.4, 0.5) is 0 Å². The highest BCUT2D eigenvalue weighted by Gasteiger charge is 2.23. The Morgan fingerprint density at radius 2 is 2.33 bits per heavy atom. The van der Waals surface area contributed by atoms with Crippen LogP contribution in [0.5, 0.6) is 0 Å². The van der Waals surface area contributed by atoms with Crippen molar-refractivity contribution in [1.82, 2.24) is 25.1 Å². The smallest absolute Gasteiger partial charge is 0.253 e. The van der Waals surface area contributed by atoms with E-state index in [1.54, 1.807) is 4.68 Å². The van der Waals surface area contributed by atoms with Crippen molar-refractivity contribution >= 4 is 5.91 Å². The van der Waals surface area contributed by atoms with Crippen molar-refractivity contribution in [2.45, 2.75) is 26.2 Å². The molecule has 0 spiro atoms. The molecule has 0 N–H and O–H groups in total. The predicted molar refractivity (Wildman–Crippen MR) is 78.1 cm³/mol. The molecule has 1 aromatic carbocycles. The van der Waals surface area contributed by atoms with Crippen LogP contribution in [-0.4, -0.2) is 44.1 Å². The van der Waals surface area contributed by atoms with E-state index in [1.807, 2.05) is 29.2 Å². The number of piperidine rings is 1. The van der Waals surface area contributed by atoms with Gasteiger partial charge in [-0.3, -0.25) is 4.79 Å². The van der Waals surface area contributed by atoms with Gasteiger partial charge >= 0.3 is 0 Å². The number of hydrogen-bond acceptors (Lipinski definition) is 4.